The highest BCUT2D eigenvalue weighted by Gasteiger charge is 2.32. The van der Waals surface area contributed by atoms with Crippen LogP contribution in [0.25, 0.3) is 0 Å². The Morgan fingerprint density at radius 3 is 2.50 bits per heavy atom. The molecule has 1 saturated heterocycles. The molecule has 0 aromatic carbocycles. The molecule has 0 atom stereocenters. The maximum atomic E-state index is 11.3. The highest BCUT2D eigenvalue weighted by molar-refractivity contribution is 5.67. The first-order chi connectivity index (χ1) is 8.31. The van der Waals surface area contributed by atoms with Gasteiger partial charge in [-0.1, -0.05) is 6.92 Å². The molecule has 5 nitrogen and oxygen atoms in total. The lowest BCUT2D eigenvalue weighted by molar-refractivity contribution is -0.0989. The van der Waals surface area contributed by atoms with Crippen molar-refractivity contribution in [2.24, 2.45) is 5.41 Å². The van der Waals surface area contributed by atoms with Gasteiger partial charge in [0.05, 0.1) is 13.2 Å². The highest BCUT2D eigenvalue weighted by Crippen LogP contribution is 2.24. The molecule has 18 heavy (non-hydrogen) atoms. The zero-order chi connectivity index (χ0) is 13.6. The fourth-order valence-electron chi connectivity index (χ4n) is 1.66. The molecule has 0 radical (unpaired) electrons. The molecule has 0 spiro atoms. The van der Waals surface area contributed by atoms with Crippen LogP contribution in [0.3, 0.4) is 0 Å². The number of rotatable bonds is 6. The summed E-state index contributed by atoms with van der Waals surface area (Å²) in [6.45, 7) is 12.0. The first kappa shape index (κ1) is 15.2. The number of hydrogen-bond acceptors (Lipinski definition) is 4. The maximum absolute atomic E-state index is 11.3. The second kappa shape index (κ2) is 6.38. The number of nitrogens with one attached hydrogen (secondary N) is 2. The monoisotopic (exact) mass is 258 g/mol. The number of amides is 1. The van der Waals surface area contributed by atoms with Gasteiger partial charge in [0.2, 0.25) is 0 Å². The van der Waals surface area contributed by atoms with E-state index in [1.807, 2.05) is 20.8 Å². The predicted octanol–water partition coefficient (Wildman–Crippen LogP) is 1.53. The quantitative estimate of drug-likeness (QED) is 0.709. The Hall–Kier alpha value is -0.810. The van der Waals surface area contributed by atoms with Crippen molar-refractivity contribution in [2.45, 2.75) is 39.7 Å². The number of hydrogen-bond donors (Lipinski definition) is 2. The van der Waals surface area contributed by atoms with Gasteiger partial charge < -0.3 is 20.1 Å². The molecule has 0 aliphatic carbocycles. The molecule has 0 aromatic rings. The van der Waals surface area contributed by atoms with Crippen LogP contribution in [-0.4, -0.2) is 44.5 Å². The molecule has 0 bridgehead atoms. The number of carbonyl (C=O) groups excluding carboxylic acids is 1. The number of ether oxygens (including phenoxy) is 2. The molecule has 1 fully saturated rings. The first-order valence-electron chi connectivity index (χ1n) is 6.56. The minimum atomic E-state index is -0.429. The van der Waals surface area contributed by atoms with Crippen LogP contribution in [0, 0.1) is 5.41 Å². The van der Waals surface area contributed by atoms with Gasteiger partial charge in [-0.25, -0.2) is 4.79 Å². The molecular formula is C13H26N2O3. The number of carbonyl (C=O) groups is 1. The van der Waals surface area contributed by atoms with Gasteiger partial charge >= 0.3 is 6.09 Å². The zero-order valence-electron chi connectivity index (χ0n) is 12.0. The Bertz CT molecular complexity index is 270. The van der Waals surface area contributed by atoms with E-state index in [1.54, 1.807) is 0 Å². The van der Waals surface area contributed by atoms with Gasteiger partial charge in [-0.05, 0) is 33.7 Å². The minimum absolute atomic E-state index is 0.304. The van der Waals surface area contributed by atoms with Crippen LogP contribution in [-0.2, 0) is 9.47 Å². The summed E-state index contributed by atoms with van der Waals surface area (Å²) in [4.78, 5) is 11.3. The van der Waals surface area contributed by atoms with Crippen LogP contribution >= 0.6 is 0 Å². The predicted molar refractivity (Wildman–Crippen MR) is 70.6 cm³/mol. The Balaban J connectivity index is 1.93. The summed E-state index contributed by atoms with van der Waals surface area (Å²) >= 11 is 0. The normalized spacial score (nSPS) is 18.0. The second-order valence-electron chi connectivity index (χ2n) is 6.26. The lowest BCUT2D eigenvalue weighted by atomic mass is 9.89. The van der Waals surface area contributed by atoms with Crippen molar-refractivity contribution < 1.29 is 14.3 Å². The van der Waals surface area contributed by atoms with Crippen molar-refractivity contribution in [1.82, 2.24) is 10.6 Å². The average Bonchev–Trinajstić information content (AvgIpc) is 2.18. The van der Waals surface area contributed by atoms with Gasteiger partial charge in [-0.2, -0.15) is 0 Å². The molecule has 0 aromatic heterocycles. The van der Waals surface area contributed by atoms with Crippen LogP contribution in [0.2, 0.25) is 0 Å². The van der Waals surface area contributed by atoms with Crippen LogP contribution in [0.15, 0.2) is 0 Å². The third-order valence-electron chi connectivity index (χ3n) is 2.65. The van der Waals surface area contributed by atoms with Gasteiger partial charge in [-0.15, -0.1) is 0 Å². The topological polar surface area (TPSA) is 59.6 Å². The van der Waals surface area contributed by atoms with E-state index >= 15 is 0 Å². The van der Waals surface area contributed by atoms with Crippen molar-refractivity contribution in [3.8, 4) is 0 Å². The van der Waals surface area contributed by atoms with E-state index in [0.717, 1.165) is 32.7 Å². The van der Waals surface area contributed by atoms with Crippen molar-refractivity contribution >= 4 is 6.09 Å². The van der Waals surface area contributed by atoms with Crippen LogP contribution in [0.1, 0.15) is 34.1 Å². The molecule has 0 unspecified atom stereocenters. The van der Waals surface area contributed by atoms with Crippen LogP contribution < -0.4 is 10.6 Å². The van der Waals surface area contributed by atoms with Gasteiger partial charge in [-0.3, -0.25) is 0 Å². The lowest BCUT2D eigenvalue weighted by Crippen LogP contribution is -2.47. The van der Waals surface area contributed by atoms with Gasteiger partial charge in [0.1, 0.15) is 5.60 Å². The molecule has 1 heterocycles. The summed E-state index contributed by atoms with van der Waals surface area (Å²) in [5.41, 5.74) is -0.125. The van der Waals surface area contributed by atoms with Gasteiger partial charge in [0.25, 0.3) is 0 Å². The molecule has 1 aliphatic heterocycles. The smallest absolute Gasteiger partial charge is 0.407 e. The van der Waals surface area contributed by atoms with E-state index in [9.17, 15) is 4.79 Å². The van der Waals surface area contributed by atoms with Crippen molar-refractivity contribution in [1.29, 1.82) is 0 Å². The van der Waals surface area contributed by atoms with E-state index in [4.69, 9.17) is 9.47 Å². The molecule has 5 heteroatoms. The fourth-order valence-corrected chi connectivity index (χ4v) is 1.66. The molecule has 1 amide bonds. The van der Waals surface area contributed by atoms with Crippen LogP contribution in [0.5, 0.6) is 0 Å². The van der Waals surface area contributed by atoms with Gasteiger partial charge in [0.15, 0.2) is 0 Å². The Labute approximate surface area is 110 Å². The summed E-state index contributed by atoms with van der Waals surface area (Å²) in [7, 11) is 0. The Kier molecular flexibility index (Phi) is 5.41. The Morgan fingerprint density at radius 2 is 2.00 bits per heavy atom. The van der Waals surface area contributed by atoms with E-state index in [-0.39, 0.29) is 6.09 Å². The largest absolute Gasteiger partial charge is 0.444 e. The molecular weight excluding hydrogens is 232 g/mol. The van der Waals surface area contributed by atoms with Crippen LogP contribution in [0.4, 0.5) is 4.79 Å². The fraction of sp³-hybridized carbons (Fsp3) is 0.923. The third-order valence-corrected chi connectivity index (χ3v) is 2.65. The zero-order valence-corrected chi connectivity index (χ0v) is 12.0. The van der Waals surface area contributed by atoms with E-state index in [2.05, 4.69) is 17.6 Å². The molecule has 2 N–H and O–H groups in total. The van der Waals surface area contributed by atoms with Gasteiger partial charge in [0, 0.05) is 18.5 Å². The summed E-state index contributed by atoms with van der Waals surface area (Å²) < 4.78 is 10.3. The van der Waals surface area contributed by atoms with E-state index in [1.165, 1.54) is 0 Å². The third kappa shape index (κ3) is 6.21. The second-order valence-corrected chi connectivity index (χ2v) is 6.26. The molecule has 1 aliphatic rings. The van der Waals surface area contributed by atoms with E-state index in [0.29, 0.717) is 12.0 Å². The summed E-state index contributed by atoms with van der Waals surface area (Å²) in [6.07, 6.45) is 0.553. The average molecular weight is 258 g/mol. The van der Waals surface area contributed by atoms with Crippen molar-refractivity contribution in [3.63, 3.8) is 0 Å². The standard InChI is InChI=1S/C13H26N2O3/c1-12(2,3)18-11(16)15-7-5-6-14-8-13(4)9-17-10-13/h14H,5-10H2,1-4H3,(H,15,16). The summed E-state index contributed by atoms with van der Waals surface area (Å²) in [5.74, 6) is 0. The van der Waals surface area contributed by atoms with Crippen molar-refractivity contribution in [3.05, 3.63) is 0 Å². The summed E-state index contributed by atoms with van der Waals surface area (Å²) in [6, 6.07) is 0. The highest BCUT2D eigenvalue weighted by atomic mass is 16.6. The Morgan fingerprint density at radius 1 is 1.33 bits per heavy atom. The summed E-state index contributed by atoms with van der Waals surface area (Å²) in [5, 5.41) is 6.12. The van der Waals surface area contributed by atoms with E-state index < -0.39 is 5.60 Å². The maximum Gasteiger partial charge on any atom is 0.407 e. The molecule has 106 valence electrons. The lowest BCUT2D eigenvalue weighted by Gasteiger charge is -2.38. The number of alkyl carbamates (subject to hydrolysis) is 1. The van der Waals surface area contributed by atoms with Crippen molar-refractivity contribution in [2.75, 3.05) is 32.8 Å². The first-order valence-corrected chi connectivity index (χ1v) is 6.56. The molecule has 0 saturated carbocycles. The molecule has 1 rings (SSSR count). The SMILES string of the molecule is CC1(CNCCCNC(=O)OC(C)(C)C)COC1. The minimum Gasteiger partial charge on any atom is -0.444 e.